The number of aromatic nitrogens is 2. The topological polar surface area (TPSA) is 110 Å². The van der Waals surface area contributed by atoms with E-state index in [9.17, 15) is 26.4 Å². The fraction of sp³-hybridized carbons (Fsp3) is 0.391. The quantitative estimate of drug-likeness (QED) is 0.307. The van der Waals surface area contributed by atoms with Crippen molar-refractivity contribution in [3.8, 4) is 6.07 Å². The SMILES string of the molecule is CS(=O)(=O)N(CC#N)c1ccc(C(F)(F)C(=O)N2CCN(c3ncnc4sc(CC(F)(F)F)cc34)CC2)cc1. The molecule has 208 valence electrons. The molecule has 2 aromatic heterocycles. The van der Waals surface area contributed by atoms with E-state index in [2.05, 4.69) is 9.97 Å². The Hall–Kier alpha value is -3.58. The number of piperazine rings is 1. The second kappa shape index (κ2) is 10.5. The van der Waals surface area contributed by atoms with Gasteiger partial charge < -0.3 is 9.80 Å². The highest BCUT2D eigenvalue weighted by molar-refractivity contribution is 7.92. The fourth-order valence-electron chi connectivity index (χ4n) is 4.17. The Morgan fingerprint density at radius 1 is 1.10 bits per heavy atom. The number of hydrogen-bond acceptors (Lipinski definition) is 8. The highest BCUT2D eigenvalue weighted by atomic mass is 32.2. The molecule has 1 amide bonds. The summed E-state index contributed by atoms with van der Waals surface area (Å²) in [4.78, 5) is 24.1. The summed E-state index contributed by atoms with van der Waals surface area (Å²) in [6.07, 6.45) is -3.38. The second-order valence-electron chi connectivity index (χ2n) is 8.75. The van der Waals surface area contributed by atoms with Crippen LogP contribution in [0, 0.1) is 11.3 Å². The van der Waals surface area contributed by atoms with Crippen molar-refractivity contribution >= 4 is 49.0 Å². The van der Waals surface area contributed by atoms with E-state index in [1.165, 1.54) is 12.4 Å². The van der Waals surface area contributed by atoms with Crippen molar-refractivity contribution in [1.82, 2.24) is 14.9 Å². The number of rotatable bonds is 7. The number of thiophene rings is 1. The van der Waals surface area contributed by atoms with Crippen molar-refractivity contribution < 1.29 is 35.2 Å². The maximum atomic E-state index is 15.1. The number of carbonyl (C=O) groups excluding carboxylic acids is 1. The molecule has 0 atom stereocenters. The number of amides is 1. The van der Waals surface area contributed by atoms with Crippen LogP contribution in [0.15, 0.2) is 36.7 Å². The van der Waals surface area contributed by atoms with Gasteiger partial charge in [0.05, 0.1) is 29.8 Å². The highest BCUT2D eigenvalue weighted by Gasteiger charge is 2.45. The molecule has 1 fully saturated rings. The summed E-state index contributed by atoms with van der Waals surface area (Å²) in [5.41, 5.74) is -0.639. The highest BCUT2D eigenvalue weighted by Crippen LogP contribution is 2.35. The summed E-state index contributed by atoms with van der Waals surface area (Å²) in [6, 6.07) is 7.14. The average molecular weight is 589 g/mol. The summed E-state index contributed by atoms with van der Waals surface area (Å²) >= 11 is 0.902. The van der Waals surface area contributed by atoms with Gasteiger partial charge in [-0.2, -0.15) is 27.2 Å². The van der Waals surface area contributed by atoms with Gasteiger partial charge >= 0.3 is 12.1 Å². The number of benzene rings is 1. The molecular weight excluding hydrogens is 567 g/mol. The number of nitrogens with zero attached hydrogens (tertiary/aromatic N) is 6. The molecule has 3 aromatic rings. The lowest BCUT2D eigenvalue weighted by atomic mass is 10.1. The van der Waals surface area contributed by atoms with E-state index in [1.807, 2.05) is 0 Å². The molecule has 0 unspecified atom stereocenters. The molecule has 0 aliphatic carbocycles. The molecule has 0 spiro atoms. The average Bonchev–Trinajstić information content (AvgIpc) is 3.27. The molecular formula is C23H21F5N6O3S2. The molecule has 1 aromatic carbocycles. The number of anilines is 2. The predicted molar refractivity (Wildman–Crippen MR) is 134 cm³/mol. The van der Waals surface area contributed by atoms with Gasteiger partial charge in [0.1, 0.15) is 23.5 Å². The van der Waals surface area contributed by atoms with Gasteiger partial charge in [-0.3, -0.25) is 9.10 Å². The van der Waals surface area contributed by atoms with E-state index in [0.29, 0.717) is 16.0 Å². The van der Waals surface area contributed by atoms with Gasteiger partial charge in [-0.1, -0.05) is 12.1 Å². The Labute approximate surface area is 224 Å². The lowest BCUT2D eigenvalue weighted by Gasteiger charge is -2.37. The molecule has 0 bridgehead atoms. The summed E-state index contributed by atoms with van der Waals surface area (Å²) in [7, 11) is -3.83. The fourth-order valence-corrected chi connectivity index (χ4v) is 5.99. The third-order valence-corrected chi connectivity index (χ3v) is 8.19. The van der Waals surface area contributed by atoms with E-state index < -0.39 is 46.6 Å². The summed E-state index contributed by atoms with van der Waals surface area (Å²) in [5, 5.41) is 9.29. The number of fused-ring (bicyclic) bond motifs is 1. The van der Waals surface area contributed by atoms with Gasteiger partial charge in [0, 0.05) is 36.6 Å². The molecule has 39 heavy (non-hydrogen) atoms. The van der Waals surface area contributed by atoms with E-state index in [-0.39, 0.29) is 36.7 Å². The van der Waals surface area contributed by atoms with E-state index in [0.717, 1.165) is 51.1 Å². The zero-order valence-electron chi connectivity index (χ0n) is 20.3. The Morgan fingerprint density at radius 3 is 2.31 bits per heavy atom. The Bertz CT molecular complexity index is 1510. The van der Waals surface area contributed by atoms with Crippen LogP contribution in [-0.4, -0.2) is 74.3 Å². The molecule has 1 aliphatic rings. The Morgan fingerprint density at radius 2 is 1.74 bits per heavy atom. The molecule has 0 saturated carbocycles. The zero-order chi connectivity index (χ0) is 28.6. The minimum absolute atomic E-state index is 0.00245. The molecule has 0 radical (unpaired) electrons. The molecule has 1 aliphatic heterocycles. The van der Waals surface area contributed by atoms with Crippen molar-refractivity contribution in [3.05, 3.63) is 47.1 Å². The summed E-state index contributed by atoms with van der Waals surface area (Å²) < 4.78 is 93.2. The number of sulfonamides is 1. The molecule has 0 N–H and O–H groups in total. The number of hydrogen-bond donors (Lipinski definition) is 0. The number of carbonyl (C=O) groups is 1. The maximum Gasteiger partial charge on any atom is 0.393 e. The Kier molecular flexibility index (Phi) is 7.68. The third-order valence-electron chi connectivity index (χ3n) is 6.00. The first-order valence-electron chi connectivity index (χ1n) is 11.4. The van der Waals surface area contributed by atoms with Crippen LogP contribution in [0.1, 0.15) is 10.4 Å². The molecule has 3 heterocycles. The zero-order valence-corrected chi connectivity index (χ0v) is 22.0. The van der Waals surface area contributed by atoms with Crippen LogP contribution in [-0.2, 0) is 27.2 Å². The minimum atomic E-state index is -4.38. The van der Waals surface area contributed by atoms with Crippen molar-refractivity contribution in [2.24, 2.45) is 0 Å². The van der Waals surface area contributed by atoms with Crippen LogP contribution >= 0.6 is 11.3 Å². The van der Waals surface area contributed by atoms with E-state index in [4.69, 9.17) is 5.26 Å². The molecule has 16 heteroatoms. The molecule has 1 saturated heterocycles. The molecule has 4 rings (SSSR count). The Balaban J connectivity index is 1.46. The van der Waals surface area contributed by atoms with Crippen LogP contribution in [0.2, 0.25) is 0 Å². The van der Waals surface area contributed by atoms with Gasteiger partial charge in [-0.25, -0.2) is 18.4 Å². The summed E-state index contributed by atoms with van der Waals surface area (Å²) in [5.74, 6) is -4.98. The smallest absolute Gasteiger partial charge is 0.352 e. The largest absolute Gasteiger partial charge is 0.393 e. The maximum absolute atomic E-state index is 15.1. The number of alkyl halides is 5. The number of nitriles is 1. The second-order valence-corrected chi connectivity index (χ2v) is 11.8. The van der Waals surface area contributed by atoms with Crippen LogP contribution in [0.3, 0.4) is 0 Å². The molecule has 9 nitrogen and oxygen atoms in total. The monoisotopic (exact) mass is 588 g/mol. The van der Waals surface area contributed by atoms with Crippen molar-refractivity contribution in [2.75, 3.05) is 48.2 Å². The first-order chi connectivity index (χ1) is 18.2. The minimum Gasteiger partial charge on any atom is -0.352 e. The lowest BCUT2D eigenvalue weighted by Crippen LogP contribution is -2.52. The van der Waals surface area contributed by atoms with Crippen LogP contribution in [0.5, 0.6) is 0 Å². The van der Waals surface area contributed by atoms with Crippen molar-refractivity contribution in [2.45, 2.75) is 18.5 Å². The van der Waals surface area contributed by atoms with Gasteiger partial charge in [0.15, 0.2) is 0 Å². The predicted octanol–water partition coefficient (Wildman–Crippen LogP) is 3.53. The van der Waals surface area contributed by atoms with Crippen molar-refractivity contribution in [3.63, 3.8) is 0 Å². The van der Waals surface area contributed by atoms with Crippen LogP contribution in [0.4, 0.5) is 33.5 Å². The first-order valence-corrected chi connectivity index (χ1v) is 14.0. The lowest BCUT2D eigenvalue weighted by molar-refractivity contribution is -0.159. The van der Waals surface area contributed by atoms with E-state index >= 15 is 8.78 Å². The van der Waals surface area contributed by atoms with Crippen LogP contribution < -0.4 is 9.21 Å². The van der Waals surface area contributed by atoms with Crippen molar-refractivity contribution in [1.29, 1.82) is 5.26 Å². The van der Waals surface area contributed by atoms with Gasteiger partial charge in [-0.15, -0.1) is 11.3 Å². The van der Waals surface area contributed by atoms with E-state index in [1.54, 1.807) is 11.0 Å². The normalized spacial score (nSPS) is 14.9. The first kappa shape index (κ1) is 28.4. The van der Waals surface area contributed by atoms with Crippen LogP contribution in [0.25, 0.3) is 10.2 Å². The summed E-state index contributed by atoms with van der Waals surface area (Å²) in [6.45, 7) is -0.432. The van der Waals surface area contributed by atoms with Gasteiger partial charge in [0.25, 0.3) is 5.91 Å². The third kappa shape index (κ3) is 6.19. The van der Waals surface area contributed by atoms with Gasteiger partial charge in [-0.05, 0) is 18.2 Å². The number of halogens is 5. The standard InChI is InChI=1S/C23H21F5N6O3S2/c1-39(36,37)34(7-6-29)16-4-2-15(3-5-16)23(27,28)21(35)33-10-8-32(9-11-33)19-18-12-17(13-22(24,25)26)38-20(18)31-14-30-19/h2-5,12,14H,7-11,13H2,1H3. The van der Waals surface area contributed by atoms with Gasteiger partial charge in [0.2, 0.25) is 10.0 Å².